The Morgan fingerprint density at radius 3 is 2.47 bits per heavy atom. The summed E-state index contributed by atoms with van der Waals surface area (Å²) in [5.41, 5.74) is 1.24. The van der Waals surface area contributed by atoms with Crippen LogP contribution in [0.25, 0.3) is 0 Å². The van der Waals surface area contributed by atoms with Gasteiger partial charge in [-0.3, -0.25) is 0 Å². The molecule has 0 aliphatic carbocycles. The third-order valence-corrected chi connectivity index (χ3v) is 4.94. The van der Waals surface area contributed by atoms with Crippen molar-refractivity contribution in [3.05, 3.63) is 55.6 Å². The summed E-state index contributed by atoms with van der Waals surface area (Å²) in [5.74, 6) is 0.969. The van der Waals surface area contributed by atoms with Crippen molar-refractivity contribution in [3.8, 4) is 0 Å². The number of hydrogen-bond acceptors (Lipinski definition) is 1. The Labute approximate surface area is 124 Å². The molecule has 2 rings (SSSR count). The highest BCUT2D eigenvalue weighted by Gasteiger charge is 2.12. The van der Waals surface area contributed by atoms with Crippen LogP contribution >= 0.6 is 50.5 Å². The molecule has 4 heteroatoms. The van der Waals surface area contributed by atoms with E-state index in [1.54, 1.807) is 11.3 Å². The van der Waals surface area contributed by atoms with E-state index in [1.807, 2.05) is 12.1 Å². The summed E-state index contributed by atoms with van der Waals surface area (Å²) in [7, 11) is 0. The molecule has 1 heterocycles. The van der Waals surface area contributed by atoms with Gasteiger partial charge >= 0.3 is 0 Å². The number of halogens is 3. The van der Waals surface area contributed by atoms with Crippen molar-refractivity contribution in [1.29, 1.82) is 0 Å². The van der Waals surface area contributed by atoms with E-state index in [0.717, 1.165) is 15.9 Å². The van der Waals surface area contributed by atoms with Gasteiger partial charge in [-0.1, -0.05) is 23.7 Å². The van der Waals surface area contributed by atoms with Crippen LogP contribution < -0.4 is 0 Å². The Bertz CT molecular complexity index is 478. The first-order chi connectivity index (χ1) is 8.19. The van der Waals surface area contributed by atoms with Gasteiger partial charge in [0.2, 0.25) is 0 Å². The fourth-order valence-corrected chi connectivity index (χ4v) is 3.65. The first-order valence-corrected chi connectivity index (χ1v) is 7.82. The standard InChI is InChI=1S/C13H11BrCl2S/c14-11-6-13(17-8-11)5-10(7-15)9-1-3-12(16)4-2-9/h1-4,6,8,10H,5,7H2. The van der Waals surface area contributed by atoms with E-state index >= 15 is 0 Å². The Morgan fingerprint density at radius 1 is 1.24 bits per heavy atom. The van der Waals surface area contributed by atoms with E-state index in [0.29, 0.717) is 11.8 Å². The molecular weight excluding hydrogens is 339 g/mol. The fourth-order valence-electron chi connectivity index (χ4n) is 1.70. The molecule has 0 amide bonds. The monoisotopic (exact) mass is 348 g/mol. The Hall–Kier alpha value is -0.0200. The van der Waals surface area contributed by atoms with Gasteiger partial charge in [-0.25, -0.2) is 0 Å². The van der Waals surface area contributed by atoms with E-state index in [-0.39, 0.29) is 0 Å². The fraction of sp³-hybridized carbons (Fsp3) is 0.231. The van der Waals surface area contributed by atoms with Crippen LogP contribution in [0.4, 0.5) is 0 Å². The Kier molecular flexibility index (Phi) is 4.92. The summed E-state index contributed by atoms with van der Waals surface area (Å²) < 4.78 is 1.14. The van der Waals surface area contributed by atoms with Crippen LogP contribution in [0.1, 0.15) is 16.4 Å². The van der Waals surface area contributed by atoms with Gasteiger partial charge in [-0.2, -0.15) is 0 Å². The van der Waals surface area contributed by atoms with Gasteiger partial charge in [0.15, 0.2) is 0 Å². The molecule has 0 saturated heterocycles. The Morgan fingerprint density at radius 2 is 1.94 bits per heavy atom. The minimum Gasteiger partial charge on any atom is -0.148 e. The second kappa shape index (κ2) is 6.24. The zero-order valence-electron chi connectivity index (χ0n) is 9.00. The lowest BCUT2D eigenvalue weighted by atomic mass is 9.97. The molecule has 0 radical (unpaired) electrons. The zero-order chi connectivity index (χ0) is 12.3. The van der Waals surface area contributed by atoms with Gasteiger partial charge in [0, 0.05) is 31.6 Å². The third-order valence-electron chi connectivity index (χ3n) is 2.60. The van der Waals surface area contributed by atoms with Crippen LogP contribution in [0.2, 0.25) is 5.02 Å². The van der Waals surface area contributed by atoms with Crippen LogP contribution in [0, 0.1) is 0 Å². The molecule has 0 bridgehead atoms. The number of rotatable bonds is 4. The minimum absolute atomic E-state index is 0.347. The summed E-state index contributed by atoms with van der Waals surface area (Å²) in [4.78, 5) is 1.34. The molecular formula is C13H11BrCl2S. The average Bonchev–Trinajstić information content (AvgIpc) is 2.73. The number of hydrogen-bond donors (Lipinski definition) is 0. The van der Waals surface area contributed by atoms with Gasteiger partial charge in [0.1, 0.15) is 0 Å². The van der Waals surface area contributed by atoms with Crippen LogP contribution in [0.3, 0.4) is 0 Å². The average molecular weight is 350 g/mol. The van der Waals surface area contributed by atoms with Gasteiger partial charge in [0.05, 0.1) is 0 Å². The molecule has 17 heavy (non-hydrogen) atoms. The van der Waals surface area contributed by atoms with Crippen molar-refractivity contribution in [2.45, 2.75) is 12.3 Å². The normalized spacial score (nSPS) is 12.6. The lowest BCUT2D eigenvalue weighted by molar-refractivity contribution is 0.776. The predicted octanol–water partition coefficient (Wildman–Crippen LogP) is 5.73. The summed E-state index contributed by atoms with van der Waals surface area (Å²) in [6.45, 7) is 0. The molecule has 1 atom stereocenters. The van der Waals surface area contributed by atoms with Gasteiger partial charge in [-0.05, 0) is 46.1 Å². The molecule has 2 aromatic rings. The molecule has 1 unspecified atom stereocenters. The highest BCUT2D eigenvalue weighted by Crippen LogP contribution is 2.28. The number of benzene rings is 1. The maximum Gasteiger partial charge on any atom is 0.0406 e. The molecule has 1 aromatic carbocycles. The minimum atomic E-state index is 0.347. The zero-order valence-corrected chi connectivity index (χ0v) is 12.9. The second-order valence-electron chi connectivity index (χ2n) is 3.84. The second-order valence-corrected chi connectivity index (χ2v) is 6.49. The molecule has 0 nitrogen and oxygen atoms in total. The van der Waals surface area contributed by atoms with Crippen molar-refractivity contribution in [2.24, 2.45) is 0 Å². The van der Waals surface area contributed by atoms with Crippen molar-refractivity contribution in [2.75, 3.05) is 5.88 Å². The maximum atomic E-state index is 6.06. The van der Waals surface area contributed by atoms with Gasteiger partial charge in [-0.15, -0.1) is 22.9 Å². The van der Waals surface area contributed by atoms with Crippen molar-refractivity contribution >= 4 is 50.5 Å². The highest BCUT2D eigenvalue weighted by molar-refractivity contribution is 9.10. The summed E-state index contributed by atoms with van der Waals surface area (Å²) in [6, 6.07) is 10.1. The van der Waals surface area contributed by atoms with Gasteiger partial charge in [0.25, 0.3) is 0 Å². The highest BCUT2D eigenvalue weighted by atomic mass is 79.9. The van der Waals surface area contributed by atoms with Crippen LogP contribution in [0.5, 0.6) is 0 Å². The van der Waals surface area contributed by atoms with E-state index in [9.17, 15) is 0 Å². The SMILES string of the molecule is ClCC(Cc1cc(Br)cs1)c1ccc(Cl)cc1. The third kappa shape index (κ3) is 3.72. The van der Waals surface area contributed by atoms with Crippen LogP contribution in [-0.4, -0.2) is 5.88 Å². The van der Waals surface area contributed by atoms with E-state index in [2.05, 4.69) is 39.5 Å². The van der Waals surface area contributed by atoms with E-state index < -0.39 is 0 Å². The molecule has 0 aliphatic heterocycles. The van der Waals surface area contributed by atoms with Crippen molar-refractivity contribution in [3.63, 3.8) is 0 Å². The lowest BCUT2D eigenvalue weighted by Crippen LogP contribution is -2.03. The smallest absolute Gasteiger partial charge is 0.0406 e. The van der Waals surface area contributed by atoms with E-state index in [4.69, 9.17) is 23.2 Å². The summed E-state index contributed by atoms with van der Waals surface area (Å²) in [6.07, 6.45) is 0.974. The maximum absolute atomic E-state index is 6.06. The Balaban J connectivity index is 2.13. The summed E-state index contributed by atoms with van der Waals surface area (Å²) >= 11 is 17.2. The number of alkyl halides is 1. The molecule has 0 N–H and O–H groups in total. The molecule has 0 aliphatic rings. The first-order valence-electron chi connectivity index (χ1n) is 5.23. The number of thiophene rings is 1. The predicted molar refractivity (Wildman–Crippen MR) is 80.6 cm³/mol. The topological polar surface area (TPSA) is 0 Å². The van der Waals surface area contributed by atoms with Gasteiger partial charge < -0.3 is 0 Å². The largest absolute Gasteiger partial charge is 0.148 e. The molecule has 0 fully saturated rings. The van der Waals surface area contributed by atoms with Crippen molar-refractivity contribution < 1.29 is 0 Å². The molecule has 1 aromatic heterocycles. The quantitative estimate of drug-likeness (QED) is 0.618. The summed E-state index contributed by atoms with van der Waals surface area (Å²) in [5, 5.41) is 2.86. The molecule has 0 saturated carbocycles. The van der Waals surface area contributed by atoms with Crippen molar-refractivity contribution in [1.82, 2.24) is 0 Å². The van der Waals surface area contributed by atoms with E-state index in [1.165, 1.54) is 10.4 Å². The van der Waals surface area contributed by atoms with Crippen LogP contribution in [0.15, 0.2) is 40.2 Å². The van der Waals surface area contributed by atoms with Crippen LogP contribution in [-0.2, 0) is 6.42 Å². The lowest BCUT2D eigenvalue weighted by Gasteiger charge is -2.13. The molecule has 90 valence electrons. The molecule has 0 spiro atoms. The first kappa shape index (κ1) is 13.4.